The number of rotatable bonds is 3. The van der Waals surface area contributed by atoms with Crippen LogP contribution in [0.5, 0.6) is 0 Å². The second kappa shape index (κ2) is 4.96. The van der Waals surface area contributed by atoms with E-state index in [-0.39, 0.29) is 11.7 Å². The highest BCUT2D eigenvalue weighted by Gasteiger charge is 2.28. The van der Waals surface area contributed by atoms with Gasteiger partial charge >= 0.3 is 0 Å². The molecule has 19 heavy (non-hydrogen) atoms. The first-order valence-corrected chi connectivity index (χ1v) is 6.78. The molecule has 0 bridgehead atoms. The molecule has 0 saturated carbocycles. The van der Waals surface area contributed by atoms with E-state index in [0.29, 0.717) is 6.42 Å². The van der Waals surface area contributed by atoms with Crippen LogP contribution in [0.4, 0.5) is 0 Å². The predicted octanol–water partition coefficient (Wildman–Crippen LogP) is 2.29. The SMILES string of the molecule is CCn1ncnc1CC1CCc2ccccc2C1=O. The van der Waals surface area contributed by atoms with Crippen molar-refractivity contribution < 1.29 is 4.79 Å². The molecule has 0 N–H and O–H groups in total. The fraction of sp³-hybridized carbons (Fsp3) is 0.400. The summed E-state index contributed by atoms with van der Waals surface area (Å²) in [5.41, 5.74) is 2.07. The van der Waals surface area contributed by atoms with Gasteiger partial charge in [-0.25, -0.2) is 4.98 Å². The standard InChI is InChI=1S/C15H17N3O/c1-2-18-14(16-10-17-18)9-12-8-7-11-5-3-4-6-13(11)15(12)19/h3-6,10,12H,2,7-9H2,1H3. The van der Waals surface area contributed by atoms with Crippen LogP contribution in [-0.4, -0.2) is 20.5 Å². The van der Waals surface area contributed by atoms with Crippen LogP contribution in [0.25, 0.3) is 0 Å². The Morgan fingerprint density at radius 2 is 2.21 bits per heavy atom. The summed E-state index contributed by atoms with van der Waals surface area (Å²) in [6, 6.07) is 7.93. The number of carbonyl (C=O) groups is 1. The summed E-state index contributed by atoms with van der Waals surface area (Å²) in [5, 5.41) is 4.16. The van der Waals surface area contributed by atoms with Crippen LogP contribution in [0, 0.1) is 5.92 Å². The van der Waals surface area contributed by atoms with E-state index in [9.17, 15) is 4.79 Å². The molecule has 1 unspecified atom stereocenters. The summed E-state index contributed by atoms with van der Waals surface area (Å²) in [6.45, 7) is 2.84. The number of nitrogens with zero attached hydrogens (tertiary/aromatic N) is 3. The van der Waals surface area contributed by atoms with Crippen LogP contribution >= 0.6 is 0 Å². The van der Waals surface area contributed by atoms with Gasteiger partial charge in [-0.3, -0.25) is 9.48 Å². The average Bonchev–Trinajstić information content (AvgIpc) is 2.89. The van der Waals surface area contributed by atoms with Crippen molar-refractivity contribution in [3.05, 3.63) is 47.5 Å². The molecule has 0 spiro atoms. The zero-order valence-electron chi connectivity index (χ0n) is 11.0. The Bertz CT molecular complexity index is 603. The molecule has 0 aliphatic heterocycles. The molecule has 0 radical (unpaired) electrons. The van der Waals surface area contributed by atoms with Crippen molar-refractivity contribution in [3.8, 4) is 0 Å². The summed E-state index contributed by atoms with van der Waals surface area (Å²) in [6.07, 6.45) is 4.15. The lowest BCUT2D eigenvalue weighted by Crippen LogP contribution is -2.25. The van der Waals surface area contributed by atoms with Crippen molar-refractivity contribution in [3.63, 3.8) is 0 Å². The lowest BCUT2D eigenvalue weighted by atomic mass is 9.81. The van der Waals surface area contributed by atoms with Gasteiger partial charge in [0, 0.05) is 24.4 Å². The van der Waals surface area contributed by atoms with E-state index in [1.54, 1.807) is 6.33 Å². The molecule has 98 valence electrons. The Kier molecular flexibility index (Phi) is 3.15. The van der Waals surface area contributed by atoms with Crippen molar-refractivity contribution in [1.29, 1.82) is 0 Å². The fourth-order valence-electron chi connectivity index (χ4n) is 2.78. The molecule has 0 saturated heterocycles. The van der Waals surface area contributed by atoms with Crippen molar-refractivity contribution in [2.75, 3.05) is 0 Å². The van der Waals surface area contributed by atoms with Crippen LogP contribution in [0.15, 0.2) is 30.6 Å². The number of fused-ring (bicyclic) bond motifs is 1. The number of carbonyl (C=O) groups excluding carboxylic acids is 1. The number of ketones is 1. The monoisotopic (exact) mass is 255 g/mol. The number of Topliss-reactive ketones (excluding diaryl/α,β-unsaturated/α-hetero) is 1. The van der Waals surface area contributed by atoms with Crippen molar-refractivity contribution in [1.82, 2.24) is 14.8 Å². The van der Waals surface area contributed by atoms with Crippen LogP contribution in [0.3, 0.4) is 0 Å². The smallest absolute Gasteiger partial charge is 0.166 e. The minimum absolute atomic E-state index is 0.0457. The zero-order chi connectivity index (χ0) is 13.2. The summed E-state index contributed by atoms with van der Waals surface area (Å²) in [4.78, 5) is 16.8. The first-order chi connectivity index (χ1) is 9.29. The number of hydrogen-bond acceptors (Lipinski definition) is 3. The Morgan fingerprint density at radius 3 is 3.05 bits per heavy atom. The molecule has 4 heteroatoms. The molecule has 3 rings (SSSR count). The first-order valence-electron chi connectivity index (χ1n) is 6.78. The number of hydrogen-bond donors (Lipinski definition) is 0. The average molecular weight is 255 g/mol. The molecule has 1 aromatic heterocycles. The van der Waals surface area contributed by atoms with Crippen LogP contribution in [0.1, 0.15) is 35.1 Å². The number of benzene rings is 1. The van der Waals surface area contributed by atoms with E-state index in [1.807, 2.05) is 29.8 Å². The largest absolute Gasteiger partial charge is 0.294 e. The van der Waals surface area contributed by atoms with E-state index >= 15 is 0 Å². The van der Waals surface area contributed by atoms with Gasteiger partial charge in [-0.2, -0.15) is 5.10 Å². The summed E-state index contributed by atoms with van der Waals surface area (Å²) in [5.74, 6) is 1.22. The topological polar surface area (TPSA) is 47.8 Å². The van der Waals surface area contributed by atoms with Crippen molar-refractivity contribution in [2.24, 2.45) is 5.92 Å². The van der Waals surface area contributed by atoms with Crippen LogP contribution < -0.4 is 0 Å². The van der Waals surface area contributed by atoms with Gasteiger partial charge in [0.1, 0.15) is 12.2 Å². The quantitative estimate of drug-likeness (QED) is 0.845. The van der Waals surface area contributed by atoms with Crippen molar-refractivity contribution >= 4 is 5.78 Å². The van der Waals surface area contributed by atoms with E-state index in [4.69, 9.17) is 0 Å². The van der Waals surface area contributed by atoms with E-state index in [0.717, 1.165) is 30.8 Å². The van der Waals surface area contributed by atoms with Gasteiger partial charge in [0.15, 0.2) is 5.78 Å². The Labute approximate surface area is 112 Å². The highest BCUT2D eigenvalue weighted by molar-refractivity contribution is 6.00. The molecule has 1 aromatic carbocycles. The first kappa shape index (κ1) is 12.1. The molecule has 1 atom stereocenters. The van der Waals surface area contributed by atoms with Crippen molar-refractivity contribution in [2.45, 2.75) is 32.7 Å². The minimum Gasteiger partial charge on any atom is -0.294 e. The highest BCUT2D eigenvalue weighted by Crippen LogP contribution is 2.27. The third-order valence-corrected chi connectivity index (χ3v) is 3.84. The number of aromatic nitrogens is 3. The number of aryl methyl sites for hydroxylation is 2. The summed E-state index contributed by atoms with van der Waals surface area (Å²) >= 11 is 0. The van der Waals surface area contributed by atoms with Gasteiger partial charge in [0.05, 0.1) is 0 Å². The molecule has 4 nitrogen and oxygen atoms in total. The molecule has 1 aliphatic rings. The summed E-state index contributed by atoms with van der Waals surface area (Å²) in [7, 11) is 0. The van der Waals surface area contributed by atoms with E-state index in [2.05, 4.69) is 16.1 Å². The van der Waals surface area contributed by atoms with Gasteiger partial charge in [0.2, 0.25) is 0 Å². The van der Waals surface area contributed by atoms with E-state index in [1.165, 1.54) is 5.56 Å². The Morgan fingerprint density at radius 1 is 1.37 bits per heavy atom. The normalized spacial score (nSPS) is 18.4. The van der Waals surface area contributed by atoms with Crippen LogP contribution in [0.2, 0.25) is 0 Å². The van der Waals surface area contributed by atoms with Gasteiger partial charge in [-0.1, -0.05) is 24.3 Å². The maximum Gasteiger partial charge on any atom is 0.166 e. The molecule has 1 heterocycles. The molecular formula is C15H17N3O. The maximum absolute atomic E-state index is 12.5. The summed E-state index contributed by atoms with van der Waals surface area (Å²) < 4.78 is 1.87. The molecular weight excluding hydrogens is 238 g/mol. The second-order valence-corrected chi connectivity index (χ2v) is 4.95. The fourth-order valence-corrected chi connectivity index (χ4v) is 2.78. The third-order valence-electron chi connectivity index (χ3n) is 3.84. The predicted molar refractivity (Wildman–Crippen MR) is 72.0 cm³/mol. The lowest BCUT2D eigenvalue weighted by molar-refractivity contribution is 0.0899. The maximum atomic E-state index is 12.5. The second-order valence-electron chi connectivity index (χ2n) is 4.95. The zero-order valence-corrected chi connectivity index (χ0v) is 11.0. The van der Waals surface area contributed by atoms with E-state index < -0.39 is 0 Å². The lowest BCUT2D eigenvalue weighted by Gasteiger charge is -2.22. The third kappa shape index (κ3) is 2.18. The molecule has 0 amide bonds. The minimum atomic E-state index is 0.0457. The van der Waals surface area contributed by atoms with Gasteiger partial charge in [-0.05, 0) is 25.3 Å². The van der Waals surface area contributed by atoms with Gasteiger partial charge < -0.3 is 0 Å². The van der Waals surface area contributed by atoms with Gasteiger partial charge in [-0.15, -0.1) is 0 Å². The Hall–Kier alpha value is -1.97. The molecule has 2 aromatic rings. The highest BCUT2D eigenvalue weighted by atomic mass is 16.1. The molecule has 1 aliphatic carbocycles. The Balaban J connectivity index is 1.83. The van der Waals surface area contributed by atoms with Crippen LogP contribution in [-0.2, 0) is 19.4 Å². The van der Waals surface area contributed by atoms with Gasteiger partial charge in [0.25, 0.3) is 0 Å². The molecule has 0 fully saturated rings.